The quantitative estimate of drug-likeness (QED) is 0.323. The standard InChI is InChI=1S/C26H24F3N3O6/c1-15-20(24(33)37-2)21(16-8-5-9-19(12-16)32(35)36)22(23(30-15)26(27,28)29)25(34)38-11-10-31-13-17-6-3-4-7-18(17)14-31/h3-9,12,21,30H,10-11,13-14H2,1-2H3. The molecule has 2 aliphatic rings. The highest BCUT2D eigenvalue weighted by Gasteiger charge is 2.47. The third-order valence-corrected chi connectivity index (χ3v) is 6.43. The third kappa shape index (κ3) is 5.40. The lowest BCUT2D eigenvalue weighted by atomic mass is 9.80. The Kier molecular flexibility index (Phi) is 7.53. The zero-order valence-corrected chi connectivity index (χ0v) is 20.5. The van der Waals surface area contributed by atoms with Crippen LogP contribution in [0.15, 0.2) is 71.1 Å². The van der Waals surface area contributed by atoms with Crippen LogP contribution in [-0.2, 0) is 32.2 Å². The fraction of sp³-hybridized carbons (Fsp3) is 0.308. The molecule has 38 heavy (non-hydrogen) atoms. The first-order valence-corrected chi connectivity index (χ1v) is 11.6. The summed E-state index contributed by atoms with van der Waals surface area (Å²) >= 11 is 0. The van der Waals surface area contributed by atoms with E-state index < -0.39 is 45.9 Å². The number of benzene rings is 2. The number of halogens is 3. The molecule has 0 saturated carbocycles. The fourth-order valence-electron chi connectivity index (χ4n) is 4.71. The molecule has 0 saturated heterocycles. The van der Waals surface area contributed by atoms with Crippen LogP contribution in [0.2, 0.25) is 0 Å². The lowest BCUT2D eigenvalue weighted by molar-refractivity contribution is -0.384. The Balaban J connectivity index is 1.68. The van der Waals surface area contributed by atoms with Crippen LogP contribution >= 0.6 is 0 Å². The number of ether oxygens (including phenoxy) is 2. The lowest BCUT2D eigenvalue weighted by Crippen LogP contribution is -2.38. The van der Waals surface area contributed by atoms with Crippen LogP contribution in [0.5, 0.6) is 0 Å². The molecule has 0 amide bonds. The molecule has 0 radical (unpaired) electrons. The Labute approximate surface area is 215 Å². The van der Waals surface area contributed by atoms with E-state index in [-0.39, 0.29) is 30.0 Å². The number of esters is 2. The molecule has 2 aromatic carbocycles. The number of rotatable bonds is 7. The molecule has 0 spiro atoms. The number of methoxy groups -OCH3 is 1. The molecule has 2 aromatic rings. The lowest BCUT2D eigenvalue weighted by Gasteiger charge is -2.32. The molecular formula is C26H24F3N3O6. The molecule has 0 bridgehead atoms. The Morgan fingerprint density at radius 1 is 1.08 bits per heavy atom. The average molecular weight is 531 g/mol. The van der Waals surface area contributed by atoms with E-state index in [1.807, 2.05) is 29.2 Å². The normalized spacial score (nSPS) is 17.7. The molecule has 2 heterocycles. The monoisotopic (exact) mass is 531 g/mol. The van der Waals surface area contributed by atoms with E-state index in [1.165, 1.54) is 19.1 Å². The van der Waals surface area contributed by atoms with Crippen LogP contribution in [0.25, 0.3) is 0 Å². The number of carbonyl (C=O) groups is 2. The molecule has 1 atom stereocenters. The Morgan fingerprint density at radius 2 is 1.74 bits per heavy atom. The van der Waals surface area contributed by atoms with Gasteiger partial charge in [-0.2, -0.15) is 13.2 Å². The van der Waals surface area contributed by atoms with Crippen molar-refractivity contribution in [3.05, 3.63) is 97.9 Å². The first-order chi connectivity index (χ1) is 18.0. The number of non-ortho nitro benzene ring substituents is 1. The summed E-state index contributed by atoms with van der Waals surface area (Å²) in [5.74, 6) is -3.91. The van der Waals surface area contributed by atoms with E-state index in [2.05, 4.69) is 5.32 Å². The molecule has 200 valence electrons. The predicted octanol–water partition coefficient (Wildman–Crippen LogP) is 4.10. The molecule has 0 aromatic heterocycles. The smallest absolute Gasteiger partial charge is 0.431 e. The number of fused-ring (bicyclic) bond motifs is 1. The highest BCUT2D eigenvalue weighted by Crippen LogP contribution is 2.44. The van der Waals surface area contributed by atoms with E-state index in [4.69, 9.17) is 9.47 Å². The maximum absolute atomic E-state index is 14.2. The van der Waals surface area contributed by atoms with Crippen molar-refractivity contribution in [2.24, 2.45) is 0 Å². The fourth-order valence-corrected chi connectivity index (χ4v) is 4.71. The second-order valence-corrected chi connectivity index (χ2v) is 8.84. The van der Waals surface area contributed by atoms with Gasteiger partial charge >= 0.3 is 18.1 Å². The molecule has 2 aliphatic heterocycles. The van der Waals surface area contributed by atoms with Crippen LogP contribution in [0, 0.1) is 10.1 Å². The molecule has 1 N–H and O–H groups in total. The van der Waals surface area contributed by atoms with Crippen molar-refractivity contribution in [3.63, 3.8) is 0 Å². The van der Waals surface area contributed by atoms with Gasteiger partial charge in [0.2, 0.25) is 0 Å². The van der Waals surface area contributed by atoms with Gasteiger partial charge in [0.05, 0.1) is 29.1 Å². The maximum Gasteiger partial charge on any atom is 0.431 e. The summed E-state index contributed by atoms with van der Waals surface area (Å²) in [7, 11) is 1.04. The second kappa shape index (κ2) is 10.7. The molecular weight excluding hydrogens is 507 g/mol. The topological polar surface area (TPSA) is 111 Å². The highest BCUT2D eigenvalue weighted by molar-refractivity contribution is 6.00. The van der Waals surface area contributed by atoms with Crippen LogP contribution in [0.4, 0.5) is 18.9 Å². The van der Waals surface area contributed by atoms with Crippen molar-refractivity contribution in [1.82, 2.24) is 10.2 Å². The molecule has 9 nitrogen and oxygen atoms in total. The highest BCUT2D eigenvalue weighted by atomic mass is 19.4. The maximum atomic E-state index is 14.2. The summed E-state index contributed by atoms with van der Waals surface area (Å²) in [6, 6.07) is 12.5. The SMILES string of the molecule is COC(=O)C1=C(C)NC(C(F)(F)F)=C(C(=O)OCCN2Cc3ccccc3C2)C1c1cccc([N+](=O)[O-])c1. The van der Waals surface area contributed by atoms with Crippen molar-refractivity contribution in [3.8, 4) is 0 Å². The van der Waals surface area contributed by atoms with Crippen molar-refractivity contribution in [2.75, 3.05) is 20.3 Å². The van der Waals surface area contributed by atoms with Gasteiger partial charge in [0.1, 0.15) is 12.3 Å². The van der Waals surface area contributed by atoms with Crippen LogP contribution in [-0.4, -0.2) is 48.2 Å². The number of nitrogens with one attached hydrogen (secondary N) is 1. The number of dihydropyridines is 1. The van der Waals surface area contributed by atoms with E-state index >= 15 is 0 Å². The Morgan fingerprint density at radius 3 is 2.32 bits per heavy atom. The van der Waals surface area contributed by atoms with Crippen LogP contribution in [0.1, 0.15) is 29.5 Å². The van der Waals surface area contributed by atoms with Crippen molar-refractivity contribution in [1.29, 1.82) is 0 Å². The van der Waals surface area contributed by atoms with Crippen molar-refractivity contribution in [2.45, 2.75) is 32.1 Å². The van der Waals surface area contributed by atoms with Gasteiger partial charge in [-0.25, -0.2) is 9.59 Å². The van der Waals surface area contributed by atoms with Crippen molar-refractivity contribution < 1.29 is 37.2 Å². The molecule has 1 unspecified atom stereocenters. The minimum absolute atomic E-state index is 0.0656. The van der Waals surface area contributed by atoms with Crippen LogP contribution in [0.3, 0.4) is 0 Å². The number of nitrogens with zero attached hydrogens (tertiary/aromatic N) is 2. The number of hydrogen-bond donors (Lipinski definition) is 1. The Hall–Kier alpha value is -4.19. The largest absolute Gasteiger partial charge is 0.466 e. The van der Waals surface area contributed by atoms with E-state index in [0.717, 1.165) is 30.4 Å². The first kappa shape index (κ1) is 26.9. The van der Waals surface area contributed by atoms with Gasteiger partial charge in [0.25, 0.3) is 5.69 Å². The van der Waals surface area contributed by atoms with E-state index in [1.54, 1.807) is 0 Å². The van der Waals surface area contributed by atoms with Gasteiger partial charge in [-0.05, 0) is 23.6 Å². The number of hydrogen-bond acceptors (Lipinski definition) is 8. The summed E-state index contributed by atoms with van der Waals surface area (Å²) in [5.41, 5.74) is -1.03. The first-order valence-electron chi connectivity index (χ1n) is 11.6. The molecule has 0 aliphatic carbocycles. The second-order valence-electron chi connectivity index (χ2n) is 8.84. The minimum atomic E-state index is -5.02. The van der Waals surface area contributed by atoms with Gasteiger partial charge in [0, 0.05) is 37.5 Å². The van der Waals surface area contributed by atoms with Gasteiger partial charge in [0.15, 0.2) is 0 Å². The summed E-state index contributed by atoms with van der Waals surface area (Å²) in [6.07, 6.45) is -5.02. The summed E-state index contributed by atoms with van der Waals surface area (Å²) in [4.78, 5) is 38.6. The number of nitro benzene ring substituents is 1. The van der Waals surface area contributed by atoms with E-state index in [9.17, 15) is 32.9 Å². The van der Waals surface area contributed by atoms with E-state index in [0.29, 0.717) is 13.1 Å². The van der Waals surface area contributed by atoms with Gasteiger partial charge in [-0.15, -0.1) is 0 Å². The summed E-state index contributed by atoms with van der Waals surface area (Å²) in [5, 5.41) is 13.5. The molecule has 12 heteroatoms. The number of allylic oxidation sites excluding steroid dienone is 2. The predicted molar refractivity (Wildman–Crippen MR) is 128 cm³/mol. The summed E-state index contributed by atoms with van der Waals surface area (Å²) < 4.78 is 52.6. The number of carbonyl (C=O) groups excluding carboxylic acids is 2. The zero-order chi connectivity index (χ0) is 27.6. The summed E-state index contributed by atoms with van der Waals surface area (Å²) in [6.45, 7) is 2.50. The van der Waals surface area contributed by atoms with Gasteiger partial charge < -0.3 is 14.8 Å². The van der Waals surface area contributed by atoms with Crippen molar-refractivity contribution >= 4 is 17.6 Å². The number of nitro groups is 1. The minimum Gasteiger partial charge on any atom is -0.466 e. The van der Waals surface area contributed by atoms with Gasteiger partial charge in [-0.3, -0.25) is 15.0 Å². The van der Waals surface area contributed by atoms with Gasteiger partial charge in [-0.1, -0.05) is 36.4 Å². The molecule has 0 fully saturated rings. The Bertz CT molecular complexity index is 1330. The zero-order valence-electron chi connectivity index (χ0n) is 20.5. The number of alkyl halides is 3. The third-order valence-electron chi connectivity index (χ3n) is 6.43. The van der Waals surface area contributed by atoms with Crippen LogP contribution < -0.4 is 5.32 Å². The molecule has 4 rings (SSSR count). The average Bonchev–Trinajstić information content (AvgIpc) is 3.29.